The molecular weight excluding hydrogens is 282 g/mol. The van der Waals surface area contributed by atoms with E-state index < -0.39 is 5.97 Å². The second kappa shape index (κ2) is 5.48. The summed E-state index contributed by atoms with van der Waals surface area (Å²) in [7, 11) is 0. The molecular formula is C16H15N3O3. The fourth-order valence-electron chi connectivity index (χ4n) is 2.26. The average Bonchev–Trinajstić information content (AvgIpc) is 2.84. The first-order valence-corrected chi connectivity index (χ1v) is 6.80. The minimum absolute atomic E-state index is 0.0441. The second-order valence-corrected chi connectivity index (χ2v) is 4.95. The Morgan fingerprint density at radius 2 is 2.05 bits per heavy atom. The zero-order valence-electron chi connectivity index (χ0n) is 12.3. The summed E-state index contributed by atoms with van der Waals surface area (Å²) in [4.78, 5) is 20.5. The van der Waals surface area contributed by atoms with E-state index in [-0.39, 0.29) is 6.61 Å². The zero-order chi connectivity index (χ0) is 15.7. The maximum Gasteiger partial charge on any atom is 0.342 e. The fourth-order valence-corrected chi connectivity index (χ4v) is 2.26. The molecule has 0 spiro atoms. The number of hydrogen-bond acceptors (Lipinski definition) is 6. The van der Waals surface area contributed by atoms with Gasteiger partial charge in [-0.05, 0) is 32.0 Å². The van der Waals surface area contributed by atoms with E-state index in [4.69, 9.17) is 14.9 Å². The summed E-state index contributed by atoms with van der Waals surface area (Å²) in [6.45, 7) is 3.45. The van der Waals surface area contributed by atoms with E-state index in [0.717, 1.165) is 10.9 Å². The van der Waals surface area contributed by atoms with Crippen LogP contribution in [0.25, 0.3) is 10.9 Å². The maximum atomic E-state index is 12.0. The summed E-state index contributed by atoms with van der Waals surface area (Å²) in [5.74, 6) is 1.45. The Hall–Kier alpha value is -2.89. The second-order valence-electron chi connectivity index (χ2n) is 4.95. The number of ether oxygens (including phenoxy) is 1. The predicted octanol–water partition coefficient (Wildman–Crippen LogP) is 2.78. The number of aromatic nitrogens is 2. The van der Waals surface area contributed by atoms with Crippen molar-refractivity contribution in [2.24, 2.45) is 0 Å². The molecule has 22 heavy (non-hydrogen) atoms. The van der Waals surface area contributed by atoms with Gasteiger partial charge in [0.15, 0.2) is 12.4 Å². The van der Waals surface area contributed by atoms with E-state index in [1.807, 2.05) is 24.3 Å². The normalized spacial score (nSPS) is 10.8. The molecule has 0 amide bonds. The number of nitrogens with two attached hydrogens (primary N) is 1. The molecule has 2 N–H and O–H groups in total. The average molecular weight is 297 g/mol. The van der Waals surface area contributed by atoms with Gasteiger partial charge in [0.05, 0.1) is 5.52 Å². The Balaban J connectivity index is 1.79. The number of hydrogen-bond donors (Lipinski definition) is 1. The van der Waals surface area contributed by atoms with Gasteiger partial charge in [-0.2, -0.15) is 0 Å². The molecule has 6 heteroatoms. The molecule has 0 radical (unpaired) electrons. The number of nitrogen functional groups attached to an aromatic ring is 1. The van der Waals surface area contributed by atoms with Crippen LogP contribution in [0.4, 0.5) is 5.82 Å². The molecule has 3 rings (SSSR count). The largest absolute Gasteiger partial charge is 0.466 e. The van der Waals surface area contributed by atoms with Crippen molar-refractivity contribution >= 4 is 22.7 Å². The van der Waals surface area contributed by atoms with Crippen molar-refractivity contribution in [3.8, 4) is 0 Å². The predicted molar refractivity (Wildman–Crippen MR) is 81.3 cm³/mol. The van der Waals surface area contributed by atoms with Gasteiger partial charge in [-0.3, -0.25) is 0 Å². The van der Waals surface area contributed by atoms with Crippen molar-refractivity contribution in [2.75, 3.05) is 5.73 Å². The lowest BCUT2D eigenvalue weighted by Crippen LogP contribution is -2.09. The van der Waals surface area contributed by atoms with Crippen LogP contribution in [-0.4, -0.2) is 15.9 Å². The Kier molecular flexibility index (Phi) is 3.50. The Morgan fingerprint density at radius 1 is 1.27 bits per heavy atom. The molecule has 0 aliphatic heterocycles. The van der Waals surface area contributed by atoms with Crippen LogP contribution >= 0.6 is 0 Å². The number of nitrogens with zero attached hydrogens (tertiary/aromatic N) is 2. The van der Waals surface area contributed by atoms with Gasteiger partial charge in [-0.15, -0.1) is 0 Å². The Bertz CT molecular complexity index is 855. The van der Waals surface area contributed by atoms with Gasteiger partial charge in [0.2, 0.25) is 0 Å². The minimum atomic E-state index is -0.468. The van der Waals surface area contributed by atoms with Gasteiger partial charge in [0.1, 0.15) is 22.9 Å². The summed E-state index contributed by atoms with van der Waals surface area (Å²) in [6, 6.07) is 9.06. The van der Waals surface area contributed by atoms with Crippen molar-refractivity contribution in [3.63, 3.8) is 0 Å². The van der Waals surface area contributed by atoms with E-state index in [2.05, 4.69) is 9.97 Å². The number of fused-ring (bicyclic) bond motifs is 1. The first kappa shape index (κ1) is 14.1. The lowest BCUT2D eigenvalue weighted by Gasteiger charge is -2.06. The molecule has 0 aliphatic rings. The third-order valence-electron chi connectivity index (χ3n) is 3.27. The number of benzene rings is 1. The number of carbonyl (C=O) groups excluding carboxylic acids is 1. The number of esters is 1. The van der Waals surface area contributed by atoms with Crippen LogP contribution in [0.15, 0.2) is 34.7 Å². The Labute approximate surface area is 126 Å². The van der Waals surface area contributed by atoms with Gasteiger partial charge in [0.25, 0.3) is 0 Å². The molecule has 0 fully saturated rings. The topological polar surface area (TPSA) is 91.2 Å². The summed E-state index contributed by atoms with van der Waals surface area (Å²) in [5, 5.41) is 0.777. The van der Waals surface area contributed by atoms with Crippen LogP contribution in [0.3, 0.4) is 0 Å². The number of aryl methyl sites for hydroxylation is 2. The monoisotopic (exact) mass is 297 g/mol. The third-order valence-corrected chi connectivity index (χ3v) is 3.27. The molecule has 1 aromatic carbocycles. The number of furan rings is 1. The van der Waals surface area contributed by atoms with Crippen LogP contribution in [-0.2, 0) is 11.3 Å². The number of rotatable bonds is 3. The molecule has 0 bridgehead atoms. The van der Waals surface area contributed by atoms with Gasteiger partial charge in [0, 0.05) is 5.39 Å². The van der Waals surface area contributed by atoms with Gasteiger partial charge >= 0.3 is 5.97 Å². The number of carbonyl (C=O) groups is 1. The third kappa shape index (κ3) is 2.63. The SMILES string of the molecule is Cc1cc(C(=O)OCc2nc(N)c3ccccc3n2)c(C)o1. The van der Waals surface area contributed by atoms with Crippen molar-refractivity contribution < 1.29 is 13.9 Å². The van der Waals surface area contributed by atoms with Crippen LogP contribution in [0, 0.1) is 13.8 Å². The van der Waals surface area contributed by atoms with Crippen LogP contribution < -0.4 is 5.73 Å². The molecule has 0 unspecified atom stereocenters. The zero-order valence-corrected chi connectivity index (χ0v) is 12.3. The standard InChI is InChI=1S/C16H15N3O3/c1-9-7-12(10(2)22-9)16(20)21-8-14-18-13-6-4-3-5-11(13)15(17)19-14/h3-7H,8H2,1-2H3,(H2,17,18,19). The molecule has 3 aromatic rings. The summed E-state index contributed by atoms with van der Waals surface area (Å²) in [6.07, 6.45) is 0. The van der Waals surface area contributed by atoms with E-state index in [0.29, 0.717) is 28.7 Å². The summed E-state index contributed by atoms with van der Waals surface area (Å²) < 4.78 is 10.5. The first-order chi connectivity index (χ1) is 10.5. The smallest absolute Gasteiger partial charge is 0.342 e. The van der Waals surface area contributed by atoms with Crippen LogP contribution in [0.2, 0.25) is 0 Å². The lowest BCUT2D eigenvalue weighted by atomic mass is 10.2. The molecule has 6 nitrogen and oxygen atoms in total. The molecule has 0 saturated carbocycles. The fraction of sp³-hybridized carbons (Fsp3) is 0.188. The van der Waals surface area contributed by atoms with E-state index in [9.17, 15) is 4.79 Å². The maximum absolute atomic E-state index is 12.0. The summed E-state index contributed by atoms with van der Waals surface area (Å²) >= 11 is 0. The molecule has 0 aliphatic carbocycles. The van der Waals surface area contributed by atoms with Crippen molar-refractivity contribution in [1.82, 2.24) is 9.97 Å². The summed E-state index contributed by atoms with van der Waals surface area (Å²) in [5.41, 5.74) is 7.02. The molecule has 112 valence electrons. The highest BCUT2D eigenvalue weighted by Gasteiger charge is 2.16. The lowest BCUT2D eigenvalue weighted by molar-refractivity contribution is 0.0460. The molecule has 0 atom stereocenters. The van der Waals surface area contributed by atoms with Gasteiger partial charge in [-0.1, -0.05) is 12.1 Å². The highest BCUT2D eigenvalue weighted by atomic mass is 16.5. The molecule has 2 aromatic heterocycles. The van der Waals surface area contributed by atoms with Crippen molar-refractivity contribution in [3.05, 3.63) is 53.2 Å². The molecule has 2 heterocycles. The van der Waals surface area contributed by atoms with E-state index in [1.165, 1.54) is 0 Å². The highest BCUT2D eigenvalue weighted by Crippen LogP contribution is 2.18. The van der Waals surface area contributed by atoms with Crippen molar-refractivity contribution in [2.45, 2.75) is 20.5 Å². The Morgan fingerprint density at radius 3 is 2.77 bits per heavy atom. The van der Waals surface area contributed by atoms with Crippen molar-refractivity contribution in [1.29, 1.82) is 0 Å². The van der Waals surface area contributed by atoms with E-state index >= 15 is 0 Å². The number of anilines is 1. The van der Waals surface area contributed by atoms with Gasteiger partial charge in [-0.25, -0.2) is 14.8 Å². The highest BCUT2D eigenvalue weighted by molar-refractivity contribution is 5.90. The minimum Gasteiger partial charge on any atom is -0.466 e. The van der Waals surface area contributed by atoms with Gasteiger partial charge < -0.3 is 14.9 Å². The number of para-hydroxylation sites is 1. The quantitative estimate of drug-likeness (QED) is 0.747. The van der Waals surface area contributed by atoms with E-state index in [1.54, 1.807) is 19.9 Å². The van der Waals surface area contributed by atoms with Crippen LogP contribution in [0.1, 0.15) is 27.7 Å². The first-order valence-electron chi connectivity index (χ1n) is 6.80. The van der Waals surface area contributed by atoms with Crippen LogP contribution in [0.5, 0.6) is 0 Å². The molecule has 0 saturated heterocycles.